The Morgan fingerprint density at radius 3 is 2.89 bits per heavy atom. The van der Waals surface area contributed by atoms with E-state index in [1.165, 1.54) is 5.69 Å². The number of nitrogens with zero attached hydrogens (tertiary/aromatic N) is 2. The summed E-state index contributed by atoms with van der Waals surface area (Å²) < 4.78 is 2.00. The van der Waals surface area contributed by atoms with E-state index in [-0.39, 0.29) is 0 Å². The third-order valence-electron chi connectivity index (χ3n) is 2.72. The van der Waals surface area contributed by atoms with E-state index in [0.29, 0.717) is 6.04 Å². The van der Waals surface area contributed by atoms with Crippen molar-refractivity contribution in [3.05, 3.63) is 52.8 Å². The van der Waals surface area contributed by atoms with Crippen LogP contribution in [0.2, 0.25) is 5.02 Å². The van der Waals surface area contributed by atoms with Gasteiger partial charge in [0, 0.05) is 23.8 Å². The van der Waals surface area contributed by atoms with Gasteiger partial charge >= 0.3 is 0 Å². The molecule has 0 aliphatic heterocycles. The van der Waals surface area contributed by atoms with Crippen molar-refractivity contribution in [2.75, 3.05) is 0 Å². The lowest BCUT2D eigenvalue weighted by atomic mass is 10.2. The maximum Gasteiger partial charge on any atom is 0.0663 e. The van der Waals surface area contributed by atoms with Crippen LogP contribution in [0.3, 0.4) is 0 Å². The third-order valence-corrected chi connectivity index (χ3v) is 2.95. The van der Waals surface area contributed by atoms with Crippen molar-refractivity contribution < 1.29 is 0 Å². The van der Waals surface area contributed by atoms with Crippen molar-refractivity contribution in [1.29, 1.82) is 0 Å². The smallest absolute Gasteiger partial charge is 0.0663 e. The first kappa shape index (κ1) is 13.1. The zero-order valence-electron chi connectivity index (χ0n) is 10.7. The predicted molar refractivity (Wildman–Crippen MR) is 74.8 cm³/mol. The summed E-state index contributed by atoms with van der Waals surface area (Å²) in [5.41, 5.74) is 2.35. The molecule has 0 unspecified atom stereocenters. The average molecular weight is 264 g/mol. The molecule has 0 aliphatic carbocycles. The van der Waals surface area contributed by atoms with Gasteiger partial charge in [-0.3, -0.25) is 4.68 Å². The standard InChI is InChI=1S/C14H18ClN3/c1-11(2)16-9-14-6-7-17-18(14)10-12-4-3-5-13(15)8-12/h3-8,11,16H,9-10H2,1-2H3. The molecule has 1 aromatic carbocycles. The summed E-state index contributed by atoms with van der Waals surface area (Å²) in [6.45, 7) is 5.86. The lowest BCUT2D eigenvalue weighted by Gasteiger charge is -2.11. The van der Waals surface area contributed by atoms with Crippen LogP contribution in [0.25, 0.3) is 0 Å². The monoisotopic (exact) mass is 263 g/mol. The molecule has 2 rings (SSSR count). The van der Waals surface area contributed by atoms with E-state index in [2.05, 4.69) is 30.3 Å². The molecule has 18 heavy (non-hydrogen) atoms. The SMILES string of the molecule is CC(C)NCc1ccnn1Cc1cccc(Cl)c1. The van der Waals surface area contributed by atoms with Gasteiger partial charge in [-0.05, 0) is 23.8 Å². The summed E-state index contributed by atoms with van der Waals surface area (Å²) in [5.74, 6) is 0. The van der Waals surface area contributed by atoms with Gasteiger partial charge in [0.05, 0.1) is 12.2 Å². The Hall–Kier alpha value is -1.32. The van der Waals surface area contributed by atoms with Gasteiger partial charge in [0.15, 0.2) is 0 Å². The van der Waals surface area contributed by atoms with Crippen molar-refractivity contribution in [1.82, 2.24) is 15.1 Å². The van der Waals surface area contributed by atoms with Crippen LogP contribution in [-0.4, -0.2) is 15.8 Å². The second kappa shape index (κ2) is 6.03. The Morgan fingerprint density at radius 1 is 1.33 bits per heavy atom. The van der Waals surface area contributed by atoms with E-state index >= 15 is 0 Å². The Bertz CT molecular complexity index is 505. The van der Waals surface area contributed by atoms with Crippen LogP contribution in [0, 0.1) is 0 Å². The van der Waals surface area contributed by atoms with Crippen molar-refractivity contribution in [3.63, 3.8) is 0 Å². The number of aromatic nitrogens is 2. The molecule has 0 fully saturated rings. The highest BCUT2D eigenvalue weighted by Gasteiger charge is 2.04. The largest absolute Gasteiger partial charge is 0.309 e. The molecule has 96 valence electrons. The van der Waals surface area contributed by atoms with Gasteiger partial charge in [-0.25, -0.2) is 0 Å². The highest BCUT2D eigenvalue weighted by molar-refractivity contribution is 6.30. The first-order chi connectivity index (χ1) is 8.65. The van der Waals surface area contributed by atoms with Gasteiger partial charge in [-0.2, -0.15) is 5.10 Å². The lowest BCUT2D eigenvalue weighted by Crippen LogP contribution is -2.23. The minimum absolute atomic E-state index is 0.472. The van der Waals surface area contributed by atoms with Crippen LogP contribution >= 0.6 is 11.6 Å². The summed E-state index contributed by atoms with van der Waals surface area (Å²) >= 11 is 5.99. The van der Waals surface area contributed by atoms with E-state index in [4.69, 9.17) is 11.6 Å². The molecule has 0 saturated heterocycles. The highest BCUT2D eigenvalue weighted by atomic mass is 35.5. The molecule has 1 heterocycles. The first-order valence-corrected chi connectivity index (χ1v) is 6.51. The van der Waals surface area contributed by atoms with Gasteiger partial charge in [0.1, 0.15) is 0 Å². The number of hydrogen-bond donors (Lipinski definition) is 1. The average Bonchev–Trinajstić information content (AvgIpc) is 2.74. The molecule has 4 heteroatoms. The predicted octanol–water partition coefficient (Wildman–Crippen LogP) is 3.08. The van der Waals surface area contributed by atoms with E-state index in [1.807, 2.05) is 35.1 Å². The maximum atomic E-state index is 5.99. The maximum absolute atomic E-state index is 5.99. The number of nitrogens with one attached hydrogen (secondary N) is 1. The van der Waals surface area contributed by atoms with Gasteiger partial charge in [0.2, 0.25) is 0 Å². The molecular weight excluding hydrogens is 246 g/mol. The quantitative estimate of drug-likeness (QED) is 0.899. The van der Waals surface area contributed by atoms with Gasteiger partial charge < -0.3 is 5.32 Å². The molecule has 0 spiro atoms. The van der Waals surface area contributed by atoms with Crippen molar-refractivity contribution in [2.24, 2.45) is 0 Å². The zero-order chi connectivity index (χ0) is 13.0. The van der Waals surface area contributed by atoms with E-state index in [0.717, 1.165) is 23.7 Å². The van der Waals surface area contributed by atoms with E-state index in [1.54, 1.807) is 0 Å². The normalized spacial score (nSPS) is 11.1. The van der Waals surface area contributed by atoms with Crippen LogP contribution < -0.4 is 5.32 Å². The first-order valence-electron chi connectivity index (χ1n) is 6.13. The Kier molecular flexibility index (Phi) is 4.39. The van der Waals surface area contributed by atoms with Crippen LogP contribution in [-0.2, 0) is 13.1 Å². The molecule has 0 aliphatic rings. The topological polar surface area (TPSA) is 29.9 Å². The number of rotatable bonds is 5. The fourth-order valence-electron chi connectivity index (χ4n) is 1.77. The second-order valence-corrected chi connectivity index (χ2v) is 5.08. The Balaban J connectivity index is 2.07. The zero-order valence-corrected chi connectivity index (χ0v) is 11.5. The summed E-state index contributed by atoms with van der Waals surface area (Å²) in [5, 5.41) is 8.52. The van der Waals surface area contributed by atoms with Gasteiger partial charge in [-0.15, -0.1) is 0 Å². The molecule has 2 aromatic rings. The van der Waals surface area contributed by atoms with Gasteiger partial charge in [-0.1, -0.05) is 37.6 Å². The molecule has 1 N–H and O–H groups in total. The summed E-state index contributed by atoms with van der Waals surface area (Å²) in [6.07, 6.45) is 1.84. The van der Waals surface area contributed by atoms with Crippen molar-refractivity contribution >= 4 is 11.6 Å². The summed E-state index contributed by atoms with van der Waals surface area (Å²) in [4.78, 5) is 0. The highest BCUT2D eigenvalue weighted by Crippen LogP contribution is 2.12. The molecule has 0 radical (unpaired) electrons. The van der Waals surface area contributed by atoms with Crippen LogP contribution in [0.4, 0.5) is 0 Å². The molecule has 1 aromatic heterocycles. The summed E-state index contributed by atoms with van der Waals surface area (Å²) in [7, 11) is 0. The molecule has 0 saturated carbocycles. The molecule has 0 bridgehead atoms. The number of halogens is 1. The molecular formula is C14H18ClN3. The van der Waals surface area contributed by atoms with Crippen LogP contribution in [0.5, 0.6) is 0 Å². The Labute approximate surface area is 113 Å². The fourth-order valence-corrected chi connectivity index (χ4v) is 1.98. The van der Waals surface area contributed by atoms with Crippen LogP contribution in [0.1, 0.15) is 25.1 Å². The van der Waals surface area contributed by atoms with E-state index < -0.39 is 0 Å². The van der Waals surface area contributed by atoms with E-state index in [9.17, 15) is 0 Å². The van der Waals surface area contributed by atoms with Crippen molar-refractivity contribution in [2.45, 2.75) is 33.0 Å². The van der Waals surface area contributed by atoms with Crippen LogP contribution in [0.15, 0.2) is 36.5 Å². The fraction of sp³-hybridized carbons (Fsp3) is 0.357. The number of hydrogen-bond acceptors (Lipinski definition) is 2. The molecule has 3 nitrogen and oxygen atoms in total. The number of benzene rings is 1. The lowest BCUT2D eigenvalue weighted by molar-refractivity contribution is 0.547. The minimum Gasteiger partial charge on any atom is -0.309 e. The molecule has 0 atom stereocenters. The minimum atomic E-state index is 0.472. The third kappa shape index (κ3) is 3.59. The molecule has 0 amide bonds. The second-order valence-electron chi connectivity index (χ2n) is 4.65. The van der Waals surface area contributed by atoms with Crippen molar-refractivity contribution in [3.8, 4) is 0 Å². The Morgan fingerprint density at radius 2 is 2.17 bits per heavy atom. The summed E-state index contributed by atoms with van der Waals surface area (Å²) in [6, 6.07) is 10.4. The van der Waals surface area contributed by atoms with Gasteiger partial charge in [0.25, 0.3) is 0 Å².